The molecule has 3 N–H and O–H groups in total. The molecular formula is C23H30N6. The summed E-state index contributed by atoms with van der Waals surface area (Å²) in [7, 11) is 1.80. The van der Waals surface area contributed by atoms with Gasteiger partial charge in [-0.1, -0.05) is 18.2 Å². The third-order valence-corrected chi connectivity index (χ3v) is 5.53. The monoisotopic (exact) mass is 390 g/mol. The molecule has 0 amide bonds. The largest absolute Gasteiger partial charge is 0.372 e. The number of hydrogen-bond acceptors (Lipinski definition) is 3. The first kappa shape index (κ1) is 19.3. The van der Waals surface area contributed by atoms with Crippen molar-refractivity contribution < 1.29 is 0 Å². The second-order valence-electron chi connectivity index (χ2n) is 7.79. The molecule has 0 saturated carbocycles. The van der Waals surface area contributed by atoms with Crippen LogP contribution in [-0.2, 0) is 6.54 Å². The van der Waals surface area contributed by atoms with Gasteiger partial charge in [0.05, 0.1) is 23.6 Å². The highest BCUT2D eigenvalue weighted by Crippen LogP contribution is 2.24. The Morgan fingerprint density at radius 2 is 2.03 bits per heavy atom. The van der Waals surface area contributed by atoms with Gasteiger partial charge >= 0.3 is 0 Å². The van der Waals surface area contributed by atoms with E-state index in [0.717, 1.165) is 35.9 Å². The summed E-state index contributed by atoms with van der Waals surface area (Å²) in [6.45, 7) is 7.16. The summed E-state index contributed by atoms with van der Waals surface area (Å²) in [6, 6.07) is 15.2. The van der Waals surface area contributed by atoms with Crippen LogP contribution < -0.4 is 15.5 Å². The molecule has 1 atom stereocenters. The van der Waals surface area contributed by atoms with Gasteiger partial charge in [0.25, 0.3) is 0 Å². The second-order valence-corrected chi connectivity index (χ2v) is 7.79. The van der Waals surface area contributed by atoms with Crippen molar-refractivity contribution in [2.24, 2.45) is 4.99 Å². The first-order valence-electron chi connectivity index (χ1n) is 10.4. The van der Waals surface area contributed by atoms with Gasteiger partial charge in [0.1, 0.15) is 5.82 Å². The van der Waals surface area contributed by atoms with Gasteiger partial charge in [0.15, 0.2) is 5.96 Å². The van der Waals surface area contributed by atoms with E-state index in [9.17, 15) is 0 Å². The molecule has 2 aromatic carbocycles. The summed E-state index contributed by atoms with van der Waals surface area (Å²) in [5, 5.41) is 6.86. The molecule has 6 heteroatoms. The van der Waals surface area contributed by atoms with Crippen LogP contribution in [0.4, 0.5) is 5.69 Å². The Kier molecular flexibility index (Phi) is 5.69. The Bertz CT molecular complexity index is 1000. The van der Waals surface area contributed by atoms with E-state index in [-0.39, 0.29) is 6.04 Å². The summed E-state index contributed by atoms with van der Waals surface area (Å²) in [5.74, 6) is 1.66. The summed E-state index contributed by atoms with van der Waals surface area (Å²) < 4.78 is 0. The van der Waals surface area contributed by atoms with Crippen LogP contribution in [0.1, 0.15) is 42.8 Å². The van der Waals surface area contributed by atoms with E-state index in [4.69, 9.17) is 0 Å². The number of nitrogens with zero attached hydrogens (tertiary/aromatic N) is 3. The molecule has 6 nitrogen and oxygen atoms in total. The maximum Gasteiger partial charge on any atom is 0.191 e. The molecule has 0 bridgehead atoms. The zero-order valence-corrected chi connectivity index (χ0v) is 17.5. The van der Waals surface area contributed by atoms with Crippen LogP contribution in [0, 0.1) is 6.92 Å². The molecule has 152 valence electrons. The van der Waals surface area contributed by atoms with E-state index in [1.54, 1.807) is 7.05 Å². The molecule has 2 heterocycles. The number of H-pyrrole nitrogens is 1. The van der Waals surface area contributed by atoms with Gasteiger partial charge in [-0.2, -0.15) is 0 Å². The third-order valence-electron chi connectivity index (χ3n) is 5.53. The van der Waals surface area contributed by atoms with E-state index in [1.165, 1.54) is 29.7 Å². The maximum absolute atomic E-state index is 4.65. The molecule has 1 saturated heterocycles. The van der Waals surface area contributed by atoms with Gasteiger partial charge in [-0.05, 0) is 62.1 Å². The van der Waals surface area contributed by atoms with Gasteiger partial charge < -0.3 is 20.5 Å². The lowest BCUT2D eigenvalue weighted by Crippen LogP contribution is -2.38. The SMILES string of the molecule is CN=C(NCc1nc2ccc(C)cc2[nH]1)NC(C)c1cccc(N2CCCC2)c1. The predicted octanol–water partition coefficient (Wildman–Crippen LogP) is 3.90. The Hall–Kier alpha value is -3.02. The van der Waals surface area contributed by atoms with Crippen LogP contribution in [0.2, 0.25) is 0 Å². The van der Waals surface area contributed by atoms with Crippen molar-refractivity contribution >= 4 is 22.7 Å². The van der Waals surface area contributed by atoms with Crippen molar-refractivity contribution in [3.8, 4) is 0 Å². The lowest BCUT2D eigenvalue weighted by Gasteiger charge is -2.22. The minimum absolute atomic E-state index is 0.155. The quantitative estimate of drug-likeness (QED) is 0.457. The van der Waals surface area contributed by atoms with Gasteiger partial charge in [0, 0.05) is 25.8 Å². The lowest BCUT2D eigenvalue weighted by molar-refractivity contribution is 0.680. The number of imidazole rings is 1. The Morgan fingerprint density at radius 1 is 1.21 bits per heavy atom. The molecule has 1 aliphatic heterocycles. The third kappa shape index (κ3) is 4.53. The van der Waals surface area contributed by atoms with E-state index < -0.39 is 0 Å². The highest BCUT2D eigenvalue weighted by atomic mass is 15.2. The molecular weight excluding hydrogens is 360 g/mol. The standard InChI is InChI=1S/C23H30N6/c1-16-9-10-20-21(13-16)28-22(27-20)15-25-23(24-3)26-17(2)18-7-6-8-19(14-18)29-11-4-5-12-29/h6-10,13-14,17H,4-5,11-12,15H2,1-3H3,(H,27,28)(H2,24,25,26). The number of rotatable bonds is 5. The zero-order valence-electron chi connectivity index (χ0n) is 17.5. The Labute approximate surface area is 172 Å². The molecule has 4 rings (SSSR count). The number of aromatic amines is 1. The van der Waals surface area contributed by atoms with Crippen LogP contribution in [0.3, 0.4) is 0 Å². The predicted molar refractivity (Wildman–Crippen MR) is 120 cm³/mol. The van der Waals surface area contributed by atoms with Crippen LogP contribution in [0.5, 0.6) is 0 Å². The Morgan fingerprint density at radius 3 is 2.83 bits per heavy atom. The highest BCUT2D eigenvalue weighted by Gasteiger charge is 2.14. The van der Waals surface area contributed by atoms with E-state index in [0.29, 0.717) is 6.54 Å². The van der Waals surface area contributed by atoms with Crippen molar-refractivity contribution in [3.05, 3.63) is 59.4 Å². The fourth-order valence-electron chi connectivity index (χ4n) is 3.88. The molecule has 0 spiro atoms. The fraction of sp³-hybridized carbons (Fsp3) is 0.391. The number of hydrogen-bond donors (Lipinski definition) is 3. The van der Waals surface area contributed by atoms with Crippen LogP contribution in [-0.4, -0.2) is 36.1 Å². The molecule has 1 aliphatic rings. The van der Waals surface area contributed by atoms with Crippen molar-refractivity contribution in [2.75, 3.05) is 25.0 Å². The summed E-state index contributed by atoms with van der Waals surface area (Å²) in [6.07, 6.45) is 2.58. The second kappa shape index (κ2) is 8.55. The molecule has 0 radical (unpaired) electrons. The molecule has 1 unspecified atom stereocenters. The first-order chi connectivity index (χ1) is 14.1. The van der Waals surface area contributed by atoms with Gasteiger partial charge in [-0.15, -0.1) is 0 Å². The first-order valence-corrected chi connectivity index (χ1v) is 10.4. The number of nitrogens with one attached hydrogen (secondary N) is 3. The van der Waals surface area contributed by atoms with E-state index in [2.05, 4.69) is 80.7 Å². The van der Waals surface area contributed by atoms with Gasteiger partial charge in [0.2, 0.25) is 0 Å². The number of benzene rings is 2. The Balaban J connectivity index is 1.38. The number of aryl methyl sites for hydroxylation is 1. The summed E-state index contributed by atoms with van der Waals surface area (Å²) in [4.78, 5) is 14.9. The molecule has 0 aliphatic carbocycles. The minimum atomic E-state index is 0.155. The number of aromatic nitrogens is 2. The van der Waals surface area contributed by atoms with Gasteiger partial charge in [-0.25, -0.2) is 4.98 Å². The molecule has 1 aromatic heterocycles. The maximum atomic E-state index is 4.65. The fourth-order valence-corrected chi connectivity index (χ4v) is 3.88. The van der Waals surface area contributed by atoms with Crippen molar-refractivity contribution in [1.29, 1.82) is 0 Å². The van der Waals surface area contributed by atoms with Crippen LogP contribution >= 0.6 is 0 Å². The summed E-state index contributed by atoms with van der Waals surface area (Å²) in [5.41, 5.74) is 5.85. The van der Waals surface area contributed by atoms with Crippen molar-refractivity contribution in [3.63, 3.8) is 0 Å². The van der Waals surface area contributed by atoms with Crippen molar-refractivity contribution in [1.82, 2.24) is 20.6 Å². The van der Waals surface area contributed by atoms with Crippen molar-refractivity contribution in [2.45, 2.75) is 39.3 Å². The number of anilines is 1. The van der Waals surface area contributed by atoms with Crippen LogP contribution in [0.25, 0.3) is 11.0 Å². The highest BCUT2D eigenvalue weighted by molar-refractivity contribution is 5.80. The number of aliphatic imine (C=N–C) groups is 1. The summed E-state index contributed by atoms with van der Waals surface area (Å²) >= 11 is 0. The van der Waals surface area contributed by atoms with E-state index in [1.807, 2.05) is 6.07 Å². The molecule has 29 heavy (non-hydrogen) atoms. The molecule has 1 fully saturated rings. The zero-order chi connectivity index (χ0) is 20.2. The smallest absolute Gasteiger partial charge is 0.191 e. The average Bonchev–Trinajstić information content (AvgIpc) is 3.40. The number of guanidine groups is 1. The minimum Gasteiger partial charge on any atom is -0.372 e. The topological polar surface area (TPSA) is 68.3 Å². The number of fused-ring (bicyclic) bond motifs is 1. The van der Waals surface area contributed by atoms with E-state index >= 15 is 0 Å². The average molecular weight is 391 g/mol. The lowest BCUT2D eigenvalue weighted by atomic mass is 10.1. The molecule has 3 aromatic rings. The van der Waals surface area contributed by atoms with Gasteiger partial charge in [-0.3, -0.25) is 4.99 Å². The van der Waals surface area contributed by atoms with Crippen LogP contribution in [0.15, 0.2) is 47.5 Å². The normalized spacial score (nSPS) is 15.7.